The molecule has 0 bridgehead atoms. The first kappa shape index (κ1) is 14.7. The Morgan fingerprint density at radius 2 is 1.67 bits per heavy atom. The number of ether oxygens (including phenoxy) is 1. The second-order valence-corrected chi connectivity index (χ2v) is 4.59. The Morgan fingerprint density at radius 3 is 2.19 bits per heavy atom. The van der Waals surface area contributed by atoms with Crippen LogP contribution in [0.4, 0.5) is 4.39 Å². The van der Waals surface area contributed by atoms with E-state index in [1.807, 2.05) is 6.07 Å². The van der Waals surface area contributed by atoms with Crippen molar-refractivity contribution < 1.29 is 13.9 Å². The molecule has 2 unspecified atom stereocenters. The van der Waals surface area contributed by atoms with Gasteiger partial charge in [0.15, 0.2) is 0 Å². The van der Waals surface area contributed by atoms with E-state index < -0.39 is 17.7 Å². The second kappa shape index (κ2) is 6.19. The highest BCUT2D eigenvalue weighted by atomic mass is 19.1. The zero-order valence-electron chi connectivity index (χ0n) is 11.5. The Bertz CT molecular complexity index is 651. The Labute approximate surface area is 122 Å². The molecule has 0 radical (unpaired) electrons. The number of nitrogens with zero attached hydrogens (tertiary/aromatic N) is 1. The standard InChI is InChI=1S/C17H14FNO2/c1-13(14-8-4-2-5-9-14)21-16(20)17(18,12-19)15-10-6-3-7-11-15/h2-11,13H,1H3. The van der Waals surface area contributed by atoms with Crippen molar-refractivity contribution in [3.05, 3.63) is 71.8 Å². The molecule has 0 aliphatic rings. The maximum Gasteiger partial charge on any atom is 0.364 e. The van der Waals surface area contributed by atoms with Crippen molar-refractivity contribution in [2.24, 2.45) is 0 Å². The second-order valence-electron chi connectivity index (χ2n) is 4.59. The third kappa shape index (κ3) is 3.09. The summed E-state index contributed by atoms with van der Waals surface area (Å²) in [5.41, 5.74) is -2.10. The van der Waals surface area contributed by atoms with Crippen molar-refractivity contribution in [3.63, 3.8) is 0 Å². The Kier molecular flexibility index (Phi) is 4.34. The molecule has 2 aromatic rings. The maximum atomic E-state index is 14.7. The lowest BCUT2D eigenvalue weighted by molar-refractivity contribution is -0.159. The van der Waals surface area contributed by atoms with E-state index in [-0.39, 0.29) is 5.56 Å². The van der Waals surface area contributed by atoms with Crippen LogP contribution >= 0.6 is 0 Å². The molecular weight excluding hydrogens is 269 g/mol. The molecule has 2 aromatic carbocycles. The van der Waals surface area contributed by atoms with Gasteiger partial charge in [-0.25, -0.2) is 9.18 Å². The molecule has 106 valence electrons. The van der Waals surface area contributed by atoms with Gasteiger partial charge in [-0.1, -0.05) is 60.7 Å². The molecule has 0 aliphatic carbocycles. The number of esters is 1. The summed E-state index contributed by atoms with van der Waals surface area (Å²) in [7, 11) is 0. The third-order valence-corrected chi connectivity index (χ3v) is 3.16. The molecule has 21 heavy (non-hydrogen) atoms. The fourth-order valence-corrected chi connectivity index (χ4v) is 1.93. The Balaban J connectivity index is 2.21. The van der Waals surface area contributed by atoms with Crippen LogP contribution in [0, 0.1) is 11.3 Å². The summed E-state index contributed by atoms with van der Waals surface area (Å²) in [5.74, 6) is -1.20. The molecule has 0 amide bonds. The number of hydrogen-bond acceptors (Lipinski definition) is 3. The lowest BCUT2D eigenvalue weighted by Crippen LogP contribution is -2.32. The van der Waals surface area contributed by atoms with E-state index in [4.69, 9.17) is 10.00 Å². The van der Waals surface area contributed by atoms with Gasteiger partial charge in [0.25, 0.3) is 0 Å². The lowest BCUT2D eigenvalue weighted by atomic mass is 9.97. The van der Waals surface area contributed by atoms with Crippen LogP contribution in [0.25, 0.3) is 0 Å². The number of carbonyl (C=O) groups excluding carboxylic acids is 1. The minimum atomic E-state index is -2.80. The molecule has 3 nitrogen and oxygen atoms in total. The van der Waals surface area contributed by atoms with Gasteiger partial charge in [-0.05, 0) is 12.5 Å². The average molecular weight is 283 g/mol. The molecule has 0 saturated carbocycles. The molecule has 2 atom stereocenters. The topological polar surface area (TPSA) is 50.1 Å². The van der Waals surface area contributed by atoms with Gasteiger partial charge in [0.2, 0.25) is 0 Å². The highest BCUT2D eigenvalue weighted by Crippen LogP contribution is 2.29. The van der Waals surface area contributed by atoms with E-state index in [1.165, 1.54) is 18.2 Å². The lowest BCUT2D eigenvalue weighted by Gasteiger charge is -2.20. The summed E-state index contributed by atoms with van der Waals surface area (Å²) in [6.45, 7) is 1.63. The van der Waals surface area contributed by atoms with Crippen LogP contribution in [0.2, 0.25) is 0 Å². The SMILES string of the molecule is CC(OC(=O)C(F)(C#N)c1ccccc1)c1ccccc1. The minimum Gasteiger partial charge on any atom is -0.454 e. The van der Waals surface area contributed by atoms with Crippen molar-refractivity contribution in [3.8, 4) is 6.07 Å². The minimum absolute atomic E-state index is 0.0299. The van der Waals surface area contributed by atoms with Crippen molar-refractivity contribution >= 4 is 5.97 Å². The molecule has 0 N–H and O–H groups in total. The molecule has 0 aromatic heterocycles. The molecule has 0 aliphatic heterocycles. The van der Waals surface area contributed by atoms with E-state index in [9.17, 15) is 9.18 Å². The zero-order valence-corrected chi connectivity index (χ0v) is 11.5. The number of hydrogen-bond donors (Lipinski definition) is 0. The number of alkyl halides is 1. The molecule has 4 heteroatoms. The molecule has 0 heterocycles. The van der Waals surface area contributed by atoms with Crippen molar-refractivity contribution in [1.29, 1.82) is 5.26 Å². The van der Waals surface area contributed by atoms with Gasteiger partial charge >= 0.3 is 11.6 Å². The Hall–Kier alpha value is -2.67. The summed E-state index contributed by atoms with van der Waals surface area (Å²) in [6.07, 6.45) is -0.633. The van der Waals surface area contributed by atoms with E-state index >= 15 is 0 Å². The van der Waals surface area contributed by atoms with Gasteiger partial charge in [-0.2, -0.15) is 5.26 Å². The first-order valence-electron chi connectivity index (χ1n) is 6.49. The number of rotatable bonds is 4. The van der Waals surface area contributed by atoms with Crippen molar-refractivity contribution in [2.75, 3.05) is 0 Å². The third-order valence-electron chi connectivity index (χ3n) is 3.16. The van der Waals surface area contributed by atoms with Crippen LogP contribution in [0.5, 0.6) is 0 Å². The first-order valence-corrected chi connectivity index (χ1v) is 6.49. The quantitative estimate of drug-likeness (QED) is 0.804. The van der Waals surface area contributed by atoms with Crippen LogP contribution in [-0.4, -0.2) is 5.97 Å². The van der Waals surface area contributed by atoms with Crippen LogP contribution in [0.15, 0.2) is 60.7 Å². The van der Waals surface area contributed by atoms with Gasteiger partial charge in [-0.3, -0.25) is 0 Å². The highest BCUT2D eigenvalue weighted by Gasteiger charge is 2.43. The molecule has 2 rings (SSSR count). The van der Waals surface area contributed by atoms with E-state index in [2.05, 4.69) is 0 Å². The zero-order chi connectivity index (χ0) is 15.3. The fraction of sp³-hybridized carbons (Fsp3) is 0.176. The van der Waals surface area contributed by atoms with E-state index in [0.717, 1.165) is 5.56 Å². The number of nitriles is 1. The fourth-order valence-electron chi connectivity index (χ4n) is 1.93. The van der Waals surface area contributed by atoms with Crippen molar-refractivity contribution in [1.82, 2.24) is 0 Å². The maximum absolute atomic E-state index is 14.7. The van der Waals surface area contributed by atoms with Crippen LogP contribution in [0.3, 0.4) is 0 Å². The highest BCUT2D eigenvalue weighted by molar-refractivity contribution is 5.84. The number of carbonyl (C=O) groups is 1. The molecule has 0 saturated heterocycles. The predicted molar refractivity (Wildman–Crippen MR) is 75.8 cm³/mol. The van der Waals surface area contributed by atoms with Gasteiger partial charge < -0.3 is 4.74 Å². The van der Waals surface area contributed by atoms with Crippen LogP contribution in [0.1, 0.15) is 24.2 Å². The Morgan fingerprint density at radius 1 is 1.14 bits per heavy atom. The predicted octanol–water partition coefficient (Wildman–Crippen LogP) is 3.68. The van der Waals surface area contributed by atoms with Crippen LogP contribution in [-0.2, 0) is 15.2 Å². The summed E-state index contributed by atoms with van der Waals surface area (Å²) in [4.78, 5) is 12.1. The summed E-state index contributed by atoms with van der Waals surface area (Å²) >= 11 is 0. The van der Waals surface area contributed by atoms with Crippen molar-refractivity contribution in [2.45, 2.75) is 18.7 Å². The van der Waals surface area contributed by atoms with E-state index in [0.29, 0.717) is 0 Å². The normalized spacial score (nSPS) is 14.5. The first-order chi connectivity index (χ1) is 10.1. The molecular formula is C17H14FNO2. The number of halogens is 1. The van der Waals surface area contributed by atoms with Gasteiger partial charge in [0, 0.05) is 5.56 Å². The number of benzene rings is 2. The smallest absolute Gasteiger partial charge is 0.364 e. The monoisotopic (exact) mass is 283 g/mol. The van der Waals surface area contributed by atoms with Gasteiger partial charge in [0.05, 0.1) is 0 Å². The summed E-state index contributed by atoms with van der Waals surface area (Å²) < 4.78 is 19.8. The molecule has 0 spiro atoms. The summed E-state index contributed by atoms with van der Waals surface area (Å²) in [6, 6.07) is 18.0. The molecule has 0 fully saturated rings. The summed E-state index contributed by atoms with van der Waals surface area (Å²) in [5, 5.41) is 9.07. The average Bonchev–Trinajstić information content (AvgIpc) is 2.55. The van der Waals surface area contributed by atoms with Crippen LogP contribution < -0.4 is 0 Å². The van der Waals surface area contributed by atoms with E-state index in [1.54, 1.807) is 49.4 Å². The van der Waals surface area contributed by atoms with Gasteiger partial charge in [0.1, 0.15) is 12.2 Å². The largest absolute Gasteiger partial charge is 0.454 e. The van der Waals surface area contributed by atoms with Gasteiger partial charge in [-0.15, -0.1) is 0 Å².